The number of amides is 1. The highest BCUT2D eigenvalue weighted by atomic mass is 16.3. The lowest BCUT2D eigenvalue weighted by molar-refractivity contribution is -0.121. The largest absolute Gasteiger partial charge is 0.393 e. The van der Waals surface area contributed by atoms with E-state index in [9.17, 15) is 20.1 Å². The summed E-state index contributed by atoms with van der Waals surface area (Å²) in [6.07, 6.45) is 13.3. The first kappa shape index (κ1) is 24.7. The molecule has 2 aliphatic rings. The molecule has 0 bridgehead atoms. The molecule has 5 nitrogen and oxygen atoms in total. The third kappa shape index (κ3) is 8.53. The molecular weight excluding hydrogens is 402 g/mol. The first-order valence-corrected chi connectivity index (χ1v) is 12.2. The van der Waals surface area contributed by atoms with E-state index in [1.807, 2.05) is 24.3 Å². The van der Waals surface area contributed by atoms with Gasteiger partial charge in [-0.05, 0) is 62.3 Å². The third-order valence-electron chi connectivity index (χ3n) is 6.68. The van der Waals surface area contributed by atoms with Gasteiger partial charge < -0.3 is 20.6 Å². The van der Waals surface area contributed by atoms with Crippen LogP contribution in [0.3, 0.4) is 0 Å². The van der Waals surface area contributed by atoms with E-state index in [1.54, 1.807) is 6.08 Å². The molecule has 2 aliphatic carbocycles. The molecule has 1 amide bonds. The number of nitrogens with one attached hydrogen (secondary N) is 1. The van der Waals surface area contributed by atoms with Gasteiger partial charge in [-0.3, -0.25) is 4.79 Å². The van der Waals surface area contributed by atoms with E-state index in [2.05, 4.69) is 29.6 Å². The Bertz CT molecular complexity index is 743. The molecule has 0 heterocycles. The Kier molecular flexibility index (Phi) is 9.97. The van der Waals surface area contributed by atoms with E-state index < -0.39 is 18.3 Å². The fraction of sp³-hybridized carbons (Fsp3) is 0.593. The Balaban J connectivity index is 1.37. The predicted molar refractivity (Wildman–Crippen MR) is 127 cm³/mol. The van der Waals surface area contributed by atoms with Crippen LogP contribution in [0.2, 0.25) is 0 Å². The first-order valence-electron chi connectivity index (χ1n) is 12.2. The Morgan fingerprint density at radius 3 is 2.66 bits per heavy atom. The highest BCUT2D eigenvalue weighted by Gasteiger charge is 2.39. The zero-order valence-electron chi connectivity index (χ0n) is 19.0. The molecule has 0 spiro atoms. The van der Waals surface area contributed by atoms with Crippen LogP contribution in [0.25, 0.3) is 0 Å². The van der Waals surface area contributed by atoms with Crippen LogP contribution < -0.4 is 5.32 Å². The van der Waals surface area contributed by atoms with Gasteiger partial charge in [-0.1, -0.05) is 54.6 Å². The lowest BCUT2D eigenvalue weighted by atomic mass is 9.89. The molecule has 5 atom stereocenters. The number of hydrogen-bond donors (Lipinski definition) is 4. The highest BCUT2D eigenvalue weighted by molar-refractivity contribution is 5.75. The predicted octanol–water partition coefficient (Wildman–Crippen LogP) is 3.54. The molecule has 2 saturated carbocycles. The Morgan fingerprint density at radius 1 is 1.12 bits per heavy atom. The van der Waals surface area contributed by atoms with E-state index >= 15 is 0 Å². The molecule has 1 aromatic rings. The van der Waals surface area contributed by atoms with Crippen molar-refractivity contribution in [1.29, 1.82) is 0 Å². The summed E-state index contributed by atoms with van der Waals surface area (Å²) < 4.78 is 0. The summed E-state index contributed by atoms with van der Waals surface area (Å²) >= 11 is 0. The maximum Gasteiger partial charge on any atom is 0.220 e. The molecule has 3 rings (SSSR count). The van der Waals surface area contributed by atoms with Crippen molar-refractivity contribution in [1.82, 2.24) is 5.32 Å². The van der Waals surface area contributed by atoms with Crippen LogP contribution >= 0.6 is 0 Å². The minimum atomic E-state index is -0.587. The van der Waals surface area contributed by atoms with Crippen LogP contribution in [0.15, 0.2) is 54.6 Å². The molecular formula is C27H39NO4. The zero-order chi connectivity index (χ0) is 22.8. The minimum absolute atomic E-state index is 0.0549. The van der Waals surface area contributed by atoms with Crippen molar-refractivity contribution in [2.45, 2.75) is 76.1 Å². The smallest absolute Gasteiger partial charge is 0.220 e. The number of benzene rings is 1. The molecule has 0 saturated heterocycles. The summed E-state index contributed by atoms with van der Waals surface area (Å²) in [4.78, 5) is 11.8. The van der Waals surface area contributed by atoms with Crippen molar-refractivity contribution in [3.05, 3.63) is 60.2 Å². The summed E-state index contributed by atoms with van der Waals surface area (Å²) in [5.41, 5.74) is 1.19. The van der Waals surface area contributed by atoms with Gasteiger partial charge in [0.1, 0.15) is 0 Å². The summed E-state index contributed by atoms with van der Waals surface area (Å²) in [5, 5.41) is 34.1. The molecule has 0 radical (unpaired) electrons. The van der Waals surface area contributed by atoms with Crippen LogP contribution in [-0.4, -0.2) is 46.1 Å². The standard InChI is InChI=1S/C27H39NO4/c29-22(15-14-20-8-4-3-5-9-20)16-17-24-23(25(30)18-26(24)31)10-6-1-2-7-11-27(32)28-19-21-12-13-21/h1,3-6,8-9,16-17,21-26,29-31H,2,7,10-15,18-19H2,(H,28,32)/t22-,23+,24+,25-,26+/m0/s1. The Morgan fingerprint density at radius 2 is 1.91 bits per heavy atom. The monoisotopic (exact) mass is 441 g/mol. The fourth-order valence-electron chi connectivity index (χ4n) is 4.44. The van der Waals surface area contributed by atoms with Gasteiger partial charge >= 0.3 is 0 Å². The summed E-state index contributed by atoms with van der Waals surface area (Å²) in [7, 11) is 0. The van der Waals surface area contributed by atoms with Gasteiger partial charge in [0.25, 0.3) is 0 Å². The van der Waals surface area contributed by atoms with Gasteiger partial charge in [-0.2, -0.15) is 0 Å². The number of carbonyl (C=O) groups excluding carboxylic acids is 1. The molecule has 0 aromatic heterocycles. The van der Waals surface area contributed by atoms with Crippen LogP contribution in [0.4, 0.5) is 0 Å². The number of rotatable bonds is 13. The molecule has 2 fully saturated rings. The second-order valence-electron chi connectivity index (χ2n) is 9.43. The second kappa shape index (κ2) is 12.9. The topological polar surface area (TPSA) is 89.8 Å². The molecule has 0 unspecified atom stereocenters. The zero-order valence-corrected chi connectivity index (χ0v) is 19.0. The average molecular weight is 442 g/mol. The molecule has 176 valence electrons. The Labute approximate surface area is 192 Å². The van der Waals surface area contributed by atoms with E-state index in [-0.39, 0.29) is 17.7 Å². The van der Waals surface area contributed by atoms with Crippen LogP contribution in [0, 0.1) is 17.8 Å². The van der Waals surface area contributed by atoms with Gasteiger partial charge in [-0.15, -0.1) is 0 Å². The van der Waals surface area contributed by atoms with Gasteiger partial charge in [-0.25, -0.2) is 0 Å². The average Bonchev–Trinajstić information content (AvgIpc) is 3.58. The number of unbranched alkanes of at least 4 members (excludes halogenated alkanes) is 1. The Hall–Kier alpha value is -1.95. The van der Waals surface area contributed by atoms with E-state index in [4.69, 9.17) is 0 Å². The van der Waals surface area contributed by atoms with Gasteiger partial charge in [0.05, 0.1) is 18.3 Å². The number of aliphatic hydroxyl groups is 3. The summed E-state index contributed by atoms with van der Waals surface area (Å²) in [5.74, 6) is 0.629. The van der Waals surface area contributed by atoms with Crippen molar-refractivity contribution in [3.8, 4) is 0 Å². The molecule has 0 aliphatic heterocycles. The quantitative estimate of drug-likeness (QED) is 0.278. The first-order chi connectivity index (χ1) is 15.5. The maximum atomic E-state index is 11.8. The van der Waals surface area contributed by atoms with Crippen molar-refractivity contribution in [2.75, 3.05) is 6.54 Å². The van der Waals surface area contributed by atoms with Crippen molar-refractivity contribution in [3.63, 3.8) is 0 Å². The molecule has 5 heteroatoms. The minimum Gasteiger partial charge on any atom is -0.393 e. The van der Waals surface area contributed by atoms with Gasteiger partial charge in [0.2, 0.25) is 5.91 Å². The van der Waals surface area contributed by atoms with Crippen LogP contribution in [-0.2, 0) is 11.2 Å². The normalized spacial score (nSPS) is 26.7. The number of aryl methyl sites for hydroxylation is 1. The third-order valence-corrected chi connectivity index (χ3v) is 6.68. The summed E-state index contributed by atoms with van der Waals surface area (Å²) in [6, 6.07) is 10.1. The number of aliphatic hydroxyl groups excluding tert-OH is 3. The van der Waals surface area contributed by atoms with Crippen LogP contribution in [0.1, 0.15) is 56.9 Å². The molecule has 1 aromatic carbocycles. The highest BCUT2D eigenvalue weighted by Crippen LogP contribution is 2.36. The number of carbonyl (C=O) groups is 1. The lowest BCUT2D eigenvalue weighted by Crippen LogP contribution is -2.24. The second-order valence-corrected chi connectivity index (χ2v) is 9.43. The van der Waals surface area contributed by atoms with Gasteiger partial charge in [0.15, 0.2) is 0 Å². The maximum absolute atomic E-state index is 11.8. The molecule has 32 heavy (non-hydrogen) atoms. The van der Waals surface area contributed by atoms with Crippen LogP contribution in [0.5, 0.6) is 0 Å². The number of hydrogen-bond acceptors (Lipinski definition) is 4. The van der Waals surface area contributed by atoms with E-state index in [1.165, 1.54) is 18.4 Å². The number of allylic oxidation sites excluding steroid dienone is 2. The van der Waals surface area contributed by atoms with Crippen molar-refractivity contribution < 1.29 is 20.1 Å². The van der Waals surface area contributed by atoms with Crippen molar-refractivity contribution in [2.24, 2.45) is 17.8 Å². The van der Waals surface area contributed by atoms with Gasteiger partial charge in [0, 0.05) is 25.3 Å². The lowest BCUT2D eigenvalue weighted by Gasteiger charge is -2.19. The fourth-order valence-corrected chi connectivity index (χ4v) is 4.44. The van der Waals surface area contributed by atoms with E-state index in [0.29, 0.717) is 31.6 Å². The van der Waals surface area contributed by atoms with E-state index in [0.717, 1.165) is 25.8 Å². The SMILES string of the molecule is O=C(CCCC=CC[C@@H]1[C@@H](C=C[C@@H](O)CCc2ccccc2)[C@H](O)C[C@@H]1O)NCC1CC1. The summed E-state index contributed by atoms with van der Waals surface area (Å²) in [6.45, 7) is 0.826. The molecule has 4 N–H and O–H groups in total. The van der Waals surface area contributed by atoms with Crippen molar-refractivity contribution >= 4 is 5.91 Å².